The molecule has 2 N–H and O–H groups in total. The van der Waals surface area contributed by atoms with E-state index in [1.165, 1.54) is 6.21 Å². The first-order valence-corrected chi connectivity index (χ1v) is 6.44. The molecule has 5 nitrogen and oxygen atoms in total. The van der Waals surface area contributed by atoms with Gasteiger partial charge in [-0.05, 0) is 38.1 Å². The Morgan fingerprint density at radius 3 is 2.58 bits per heavy atom. The second-order valence-corrected chi connectivity index (χ2v) is 4.96. The van der Waals surface area contributed by atoms with E-state index < -0.39 is 0 Å². The van der Waals surface area contributed by atoms with Gasteiger partial charge in [-0.25, -0.2) is 15.4 Å². The molecule has 1 aromatic carbocycles. The van der Waals surface area contributed by atoms with Gasteiger partial charge in [0, 0.05) is 21.4 Å². The molecule has 2 rings (SSSR count). The highest BCUT2D eigenvalue weighted by molar-refractivity contribution is 9.10. The molecule has 0 fully saturated rings. The number of hydrazone groups is 1. The van der Waals surface area contributed by atoms with Crippen LogP contribution in [0.5, 0.6) is 5.75 Å². The van der Waals surface area contributed by atoms with Crippen LogP contribution in [0, 0.1) is 13.8 Å². The van der Waals surface area contributed by atoms with E-state index in [0.717, 1.165) is 15.9 Å². The number of aromatic nitrogens is 2. The third-order valence-corrected chi connectivity index (χ3v) is 2.83. The Hall–Kier alpha value is -1.95. The van der Waals surface area contributed by atoms with Crippen molar-refractivity contribution in [3.05, 3.63) is 45.7 Å². The minimum absolute atomic E-state index is 0.162. The highest BCUT2D eigenvalue weighted by Gasteiger charge is 2.00. The Morgan fingerprint density at radius 2 is 1.89 bits per heavy atom. The van der Waals surface area contributed by atoms with Crippen LogP contribution >= 0.6 is 15.9 Å². The first-order chi connectivity index (χ1) is 9.04. The van der Waals surface area contributed by atoms with E-state index in [-0.39, 0.29) is 5.75 Å². The number of aryl methyl sites for hydroxylation is 2. The number of nitrogens with zero attached hydrogens (tertiary/aromatic N) is 3. The quantitative estimate of drug-likeness (QED) is 0.673. The van der Waals surface area contributed by atoms with Crippen LogP contribution in [0.3, 0.4) is 0 Å². The molecule has 2 aromatic rings. The first-order valence-electron chi connectivity index (χ1n) is 5.64. The van der Waals surface area contributed by atoms with Crippen LogP contribution in [0.15, 0.2) is 33.8 Å². The molecule has 0 aliphatic rings. The van der Waals surface area contributed by atoms with Crippen molar-refractivity contribution < 1.29 is 5.11 Å². The van der Waals surface area contributed by atoms with Crippen LogP contribution in [0.2, 0.25) is 0 Å². The topological polar surface area (TPSA) is 70.4 Å². The summed E-state index contributed by atoms with van der Waals surface area (Å²) in [4.78, 5) is 8.39. The van der Waals surface area contributed by atoms with Crippen molar-refractivity contribution in [3.8, 4) is 5.75 Å². The molecule has 6 heteroatoms. The molecule has 1 aromatic heterocycles. The highest BCUT2D eigenvalue weighted by Crippen LogP contribution is 2.20. The number of anilines is 1. The Balaban J connectivity index is 2.13. The Kier molecular flexibility index (Phi) is 4.11. The zero-order valence-corrected chi connectivity index (χ0v) is 12.1. The molecule has 0 aliphatic carbocycles. The molecule has 0 amide bonds. The number of halogens is 1. The normalized spacial score (nSPS) is 10.9. The van der Waals surface area contributed by atoms with Crippen molar-refractivity contribution in [2.75, 3.05) is 5.43 Å². The number of phenols is 1. The third-order valence-electron chi connectivity index (χ3n) is 2.34. The number of hydrogen-bond donors (Lipinski definition) is 2. The van der Waals surface area contributed by atoms with Crippen LogP contribution in [0.4, 0.5) is 5.95 Å². The summed E-state index contributed by atoms with van der Waals surface area (Å²) in [7, 11) is 0. The third kappa shape index (κ3) is 3.75. The van der Waals surface area contributed by atoms with E-state index in [1.54, 1.807) is 18.2 Å². The van der Waals surface area contributed by atoms with Crippen LogP contribution in [0.1, 0.15) is 17.0 Å². The summed E-state index contributed by atoms with van der Waals surface area (Å²) in [6, 6.07) is 7.00. The zero-order valence-electron chi connectivity index (χ0n) is 10.6. The summed E-state index contributed by atoms with van der Waals surface area (Å²) in [6.45, 7) is 3.79. The van der Waals surface area contributed by atoms with Gasteiger partial charge < -0.3 is 5.11 Å². The molecule has 0 bridgehead atoms. The molecular formula is C13H13BrN4O. The lowest BCUT2D eigenvalue weighted by molar-refractivity contribution is 0.474. The van der Waals surface area contributed by atoms with Crippen molar-refractivity contribution in [2.24, 2.45) is 5.10 Å². The van der Waals surface area contributed by atoms with Crippen LogP contribution in [-0.4, -0.2) is 21.3 Å². The second-order valence-electron chi connectivity index (χ2n) is 4.05. The highest BCUT2D eigenvalue weighted by atomic mass is 79.9. The summed E-state index contributed by atoms with van der Waals surface area (Å²) in [5, 5.41) is 13.7. The molecule has 19 heavy (non-hydrogen) atoms. The Morgan fingerprint density at radius 1 is 1.21 bits per heavy atom. The maximum absolute atomic E-state index is 9.65. The van der Waals surface area contributed by atoms with E-state index in [0.29, 0.717) is 11.5 Å². The number of rotatable bonds is 3. The molecule has 0 saturated heterocycles. The van der Waals surface area contributed by atoms with Crippen molar-refractivity contribution >= 4 is 28.1 Å². The molecule has 0 unspecified atom stereocenters. The number of phenolic OH excluding ortho intramolecular Hbond substituents is 1. The van der Waals surface area contributed by atoms with E-state index in [1.807, 2.05) is 19.9 Å². The largest absolute Gasteiger partial charge is 0.507 e. The van der Waals surface area contributed by atoms with Gasteiger partial charge in [0.05, 0.1) is 6.21 Å². The predicted molar refractivity (Wildman–Crippen MR) is 78.5 cm³/mol. The van der Waals surface area contributed by atoms with Crippen LogP contribution < -0.4 is 5.43 Å². The average molecular weight is 321 g/mol. The minimum atomic E-state index is 0.162. The summed E-state index contributed by atoms with van der Waals surface area (Å²) in [5.41, 5.74) is 5.09. The van der Waals surface area contributed by atoms with Crippen molar-refractivity contribution in [3.63, 3.8) is 0 Å². The van der Waals surface area contributed by atoms with Crippen LogP contribution in [0.25, 0.3) is 0 Å². The fourth-order valence-corrected chi connectivity index (χ4v) is 1.94. The summed E-state index contributed by atoms with van der Waals surface area (Å²) < 4.78 is 0.870. The zero-order chi connectivity index (χ0) is 13.8. The molecule has 0 aliphatic heterocycles. The first kappa shape index (κ1) is 13.5. The van der Waals surface area contributed by atoms with Gasteiger partial charge in [0.2, 0.25) is 5.95 Å². The molecule has 98 valence electrons. The smallest absolute Gasteiger partial charge is 0.243 e. The minimum Gasteiger partial charge on any atom is -0.507 e. The predicted octanol–water partition coefficient (Wildman–Crippen LogP) is 3.01. The lowest BCUT2D eigenvalue weighted by atomic mass is 10.2. The van der Waals surface area contributed by atoms with Gasteiger partial charge in [-0.1, -0.05) is 15.9 Å². The fourth-order valence-electron chi connectivity index (χ4n) is 1.56. The van der Waals surface area contributed by atoms with Crippen molar-refractivity contribution in [2.45, 2.75) is 13.8 Å². The summed E-state index contributed by atoms with van der Waals surface area (Å²) in [5.74, 6) is 0.596. The Labute approximate surface area is 119 Å². The van der Waals surface area contributed by atoms with Gasteiger partial charge in [-0.2, -0.15) is 5.10 Å². The van der Waals surface area contributed by atoms with E-state index >= 15 is 0 Å². The summed E-state index contributed by atoms with van der Waals surface area (Å²) >= 11 is 3.33. The van der Waals surface area contributed by atoms with E-state index in [4.69, 9.17) is 0 Å². The lowest BCUT2D eigenvalue weighted by Gasteiger charge is -2.02. The molecule has 1 heterocycles. The molecular weight excluding hydrogens is 308 g/mol. The lowest BCUT2D eigenvalue weighted by Crippen LogP contribution is -1.99. The van der Waals surface area contributed by atoms with Gasteiger partial charge in [0.15, 0.2) is 0 Å². The van der Waals surface area contributed by atoms with Gasteiger partial charge in [0.1, 0.15) is 5.75 Å². The molecule has 0 radical (unpaired) electrons. The van der Waals surface area contributed by atoms with Crippen LogP contribution in [-0.2, 0) is 0 Å². The van der Waals surface area contributed by atoms with E-state index in [2.05, 4.69) is 36.4 Å². The Bertz CT molecular complexity index is 608. The van der Waals surface area contributed by atoms with Crippen molar-refractivity contribution in [1.82, 2.24) is 9.97 Å². The molecule has 0 atom stereocenters. The summed E-state index contributed by atoms with van der Waals surface area (Å²) in [6.07, 6.45) is 1.52. The van der Waals surface area contributed by atoms with Gasteiger partial charge in [0.25, 0.3) is 0 Å². The molecule has 0 spiro atoms. The van der Waals surface area contributed by atoms with Gasteiger partial charge >= 0.3 is 0 Å². The standard InChI is InChI=1S/C13H13BrN4O/c1-8-5-9(2)17-13(16-8)18-15-7-10-6-11(14)3-4-12(10)19/h3-7,19H,1-2H3,(H,16,17,18)/b15-7-. The number of hydrogen-bond acceptors (Lipinski definition) is 5. The van der Waals surface area contributed by atoms with Crippen molar-refractivity contribution in [1.29, 1.82) is 0 Å². The maximum atomic E-state index is 9.65. The monoisotopic (exact) mass is 320 g/mol. The number of benzene rings is 1. The van der Waals surface area contributed by atoms with Gasteiger partial charge in [-0.3, -0.25) is 0 Å². The van der Waals surface area contributed by atoms with Gasteiger partial charge in [-0.15, -0.1) is 0 Å². The fraction of sp³-hybridized carbons (Fsp3) is 0.154. The number of nitrogens with one attached hydrogen (secondary N) is 1. The average Bonchev–Trinajstić information content (AvgIpc) is 2.32. The molecule has 0 saturated carbocycles. The second kappa shape index (κ2) is 5.79. The number of aromatic hydroxyl groups is 1. The maximum Gasteiger partial charge on any atom is 0.243 e. The SMILES string of the molecule is Cc1cc(C)nc(N/N=C\c2cc(Br)ccc2O)n1. The van der Waals surface area contributed by atoms with E-state index in [9.17, 15) is 5.11 Å².